The lowest BCUT2D eigenvalue weighted by atomic mass is 9.56. The molecule has 0 unspecified atom stereocenters. The molecule has 4 heteroatoms. The minimum atomic E-state index is -0.471. The van der Waals surface area contributed by atoms with E-state index in [1.807, 2.05) is 38.1 Å². The second kappa shape index (κ2) is 4.03. The number of hydrogen-bond donors (Lipinski definition) is 0. The fourth-order valence-electron chi connectivity index (χ4n) is 4.49. The molecule has 4 aliphatic rings. The van der Waals surface area contributed by atoms with Crippen LogP contribution in [0.2, 0.25) is 0 Å². The van der Waals surface area contributed by atoms with Gasteiger partial charge in [0, 0.05) is 18.4 Å². The molecule has 3 aliphatic carbocycles. The van der Waals surface area contributed by atoms with Gasteiger partial charge in [-0.1, -0.05) is 24.3 Å². The summed E-state index contributed by atoms with van der Waals surface area (Å²) < 4.78 is 0. The number of carbonyl (C=O) groups excluding carboxylic acids is 3. The Balaban J connectivity index is 1.91. The van der Waals surface area contributed by atoms with Crippen LogP contribution >= 0.6 is 0 Å². The van der Waals surface area contributed by atoms with Gasteiger partial charge in [0.05, 0.1) is 17.8 Å². The maximum atomic E-state index is 12.7. The van der Waals surface area contributed by atoms with Crippen molar-refractivity contribution in [1.29, 1.82) is 0 Å². The number of nitrogens with zero attached hydrogens (tertiary/aromatic N) is 1. The van der Waals surface area contributed by atoms with E-state index in [1.54, 1.807) is 0 Å². The Bertz CT molecular complexity index is 678. The van der Waals surface area contributed by atoms with Gasteiger partial charge < -0.3 is 0 Å². The molecule has 4 nitrogen and oxygen atoms in total. The van der Waals surface area contributed by atoms with Gasteiger partial charge in [-0.2, -0.15) is 0 Å². The molecule has 0 aromatic heterocycles. The Hall–Kier alpha value is -1.97. The van der Waals surface area contributed by atoms with Crippen LogP contribution < -0.4 is 0 Å². The van der Waals surface area contributed by atoms with Crippen LogP contribution in [0, 0.1) is 11.8 Å². The van der Waals surface area contributed by atoms with Crippen LogP contribution in [0.5, 0.6) is 0 Å². The molecule has 1 heterocycles. The zero-order valence-corrected chi connectivity index (χ0v) is 12.1. The van der Waals surface area contributed by atoms with Gasteiger partial charge in [0.15, 0.2) is 0 Å². The maximum absolute atomic E-state index is 12.7. The van der Waals surface area contributed by atoms with Crippen LogP contribution in [0.4, 0.5) is 0 Å². The number of Topliss-reactive ketones (excluding diaryl/α,β-unsaturated/α-hetero) is 1. The lowest BCUT2D eigenvalue weighted by molar-refractivity contribution is -0.142. The van der Waals surface area contributed by atoms with E-state index in [0.717, 1.165) is 11.1 Å². The minimum Gasteiger partial charge on any atom is -0.299 e. The van der Waals surface area contributed by atoms with E-state index in [-0.39, 0.29) is 35.5 Å². The molecule has 4 atom stereocenters. The molecule has 0 N–H and O–H groups in total. The number of rotatable bonds is 1. The summed E-state index contributed by atoms with van der Waals surface area (Å²) in [6.45, 7) is 3.70. The van der Waals surface area contributed by atoms with Crippen molar-refractivity contribution in [3.63, 3.8) is 0 Å². The molecule has 0 spiro atoms. The topological polar surface area (TPSA) is 54.5 Å². The van der Waals surface area contributed by atoms with Gasteiger partial charge in [-0.25, -0.2) is 0 Å². The first-order valence-corrected chi connectivity index (χ1v) is 7.51. The van der Waals surface area contributed by atoms with Crippen LogP contribution in [-0.2, 0) is 14.4 Å². The van der Waals surface area contributed by atoms with Crippen LogP contribution in [0.15, 0.2) is 24.3 Å². The first-order chi connectivity index (χ1) is 10.0. The summed E-state index contributed by atoms with van der Waals surface area (Å²) in [6.07, 6.45) is 0.397. The number of benzene rings is 1. The molecule has 21 heavy (non-hydrogen) atoms. The third kappa shape index (κ3) is 1.42. The van der Waals surface area contributed by atoms with E-state index in [2.05, 4.69) is 0 Å². The summed E-state index contributed by atoms with van der Waals surface area (Å²) in [7, 11) is 0. The molecule has 1 aliphatic heterocycles. The predicted octanol–water partition coefficient (Wildman–Crippen LogP) is 1.85. The average Bonchev–Trinajstić information content (AvgIpc) is 2.72. The van der Waals surface area contributed by atoms with Crippen LogP contribution in [-0.4, -0.2) is 28.5 Å². The number of carbonyl (C=O) groups is 3. The van der Waals surface area contributed by atoms with Gasteiger partial charge in [0.1, 0.15) is 5.78 Å². The molecular formula is C17H17NO3. The normalized spacial score (nSPS) is 33.7. The fourth-order valence-corrected chi connectivity index (χ4v) is 4.49. The molecule has 2 bridgehead atoms. The zero-order chi connectivity index (χ0) is 14.9. The molecule has 108 valence electrons. The van der Waals surface area contributed by atoms with Crippen molar-refractivity contribution in [3.8, 4) is 0 Å². The lowest BCUT2D eigenvalue weighted by Gasteiger charge is -2.43. The number of likely N-dealkylation sites (tertiary alicyclic amines) is 1. The van der Waals surface area contributed by atoms with Gasteiger partial charge >= 0.3 is 0 Å². The Morgan fingerprint density at radius 2 is 1.62 bits per heavy atom. The summed E-state index contributed by atoms with van der Waals surface area (Å²) in [5, 5.41) is 0. The Morgan fingerprint density at radius 1 is 1.00 bits per heavy atom. The molecule has 2 amide bonds. The third-order valence-corrected chi connectivity index (χ3v) is 5.24. The second-order valence-corrected chi connectivity index (χ2v) is 6.58. The van der Waals surface area contributed by atoms with Crippen molar-refractivity contribution < 1.29 is 14.4 Å². The fraction of sp³-hybridized carbons (Fsp3) is 0.471. The number of ketones is 1. The molecule has 1 aromatic rings. The molecule has 1 saturated carbocycles. The van der Waals surface area contributed by atoms with E-state index in [0.29, 0.717) is 6.42 Å². The number of amides is 2. The second-order valence-electron chi connectivity index (χ2n) is 6.58. The standard InChI is InChI=1S/C17H17NO3/c1-8(2)18-16(20)14-11-7-12(19)13(15(14)17(18)21)10-6-4-3-5-9(10)11/h3-6,8,11,13-15H,7H2,1-2H3/t11-,13-,14+,15-/m1/s1. The van der Waals surface area contributed by atoms with Crippen molar-refractivity contribution in [2.24, 2.45) is 11.8 Å². The first-order valence-electron chi connectivity index (χ1n) is 7.51. The van der Waals surface area contributed by atoms with Crippen molar-refractivity contribution >= 4 is 17.6 Å². The van der Waals surface area contributed by atoms with Crippen LogP contribution in [0.3, 0.4) is 0 Å². The maximum Gasteiger partial charge on any atom is 0.234 e. The number of hydrogen-bond acceptors (Lipinski definition) is 3. The molecule has 1 aromatic carbocycles. The Morgan fingerprint density at radius 3 is 2.29 bits per heavy atom. The smallest absolute Gasteiger partial charge is 0.234 e. The summed E-state index contributed by atoms with van der Waals surface area (Å²) >= 11 is 0. The van der Waals surface area contributed by atoms with E-state index in [4.69, 9.17) is 0 Å². The number of fused-ring (bicyclic) bond motifs is 1. The SMILES string of the molecule is CC(C)N1C(=O)[C@@H]2[C@H](C1=O)[C@H]1C(=O)C[C@@H]2c2ccccc21. The largest absolute Gasteiger partial charge is 0.299 e. The highest BCUT2D eigenvalue weighted by atomic mass is 16.2. The zero-order valence-electron chi connectivity index (χ0n) is 12.1. The highest BCUT2D eigenvalue weighted by Crippen LogP contribution is 2.57. The molecule has 1 saturated heterocycles. The summed E-state index contributed by atoms with van der Waals surface area (Å²) in [4.78, 5) is 39.2. The molecule has 5 rings (SSSR count). The van der Waals surface area contributed by atoms with E-state index < -0.39 is 11.8 Å². The summed E-state index contributed by atoms with van der Waals surface area (Å²) in [5.41, 5.74) is 2.06. The van der Waals surface area contributed by atoms with E-state index in [9.17, 15) is 14.4 Å². The quantitative estimate of drug-likeness (QED) is 0.739. The Kier molecular flexibility index (Phi) is 2.44. The predicted molar refractivity (Wildman–Crippen MR) is 75.5 cm³/mol. The number of imide groups is 1. The average molecular weight is 283 g/mol. The minimum absolute atomic E-state index is 0.0861. The van der Waals surface area contributed by atoms with Gasteiger partial charge in [-0.05, 0) is 25.0 Å². The van der Waals surface area contributed by atoms with Gasteiger partial charge in [-0.15, -0.1) is 0 Å². The first kappa shape index (κ1) is 12.7. The van der Waals surface area contributed by atoms with Gasteiger partial charge in [0.25, 0.3) is 0 Å². The van der Waals surface area contributed by atoms with Crippen molar-refractivity contribution in [2.45, 2.75) is 38.1 Å². The Labute approximate surface area is 123 Å². The van der Waals surface area contributed by atoms with Gasteiger partial charge in [-0.3, -0.25) is 19.3 Å². The highest BCUT2D eigenvalue weighted by molar-refractivity contribution is 6.11. The van der Waals surface area contributed by atoms with Crippen LogP contribution in [0.1, 0.15) is 43.2 Å². The molecule has 2 fully saturated rings. The van der Waals surface area contributed by atoms with Crippen molar-refractivity contribution in [2.75, 3.05) is 0 Å². The molecular weight excluding hydrogens is 266 g/mol. The van der Waals surface area contributed by atoms with Gasteiger partial charge in [0.2, 0.25) is 11.8 Å². The highest BCUT2D eigenvalue weighted by Gasteiger charge is 2.62. The monoisotopic (exact) mass is 283 g/mol. The summed E-state index contributed by atoms with van der Waals surface area (Å²) in [6, 6.07) is 7.65. The van der Waals surface area contributed by atoms with E-state index in [1.165, 1.54) is 4.90 Å². The van der Waals surface area contributed by atoms with Crippen molar-refractivity contribution in [3.05, 3.63) is 35.4 Å². The third-order valence-electron chi connectivity index (χ3n) is 5.24. The molecule has 0 radical (unpaired) electrons. The van der Waals surface area contributed by atoms with E-state index >= 15 is 0 Å². The van der Waals surface area contributed by atoms with Crippen LogP contribution in [0.25, 0.3) is 0 Å². The lowest BCUT2D eigenvalue weighted by Crippen LogP contribution is -2.44. The summed E-state index contributed by atoms with van der Waals surface area (Å²) in [5.74, 6) is -1.47. The van der Waals surface area contributed by atoms with Crippen molar-refractivity contribution in [1.82, 2.24) is 4.90 Å².